The first-order valence-corrected chi connectivity index (χ1v) is 3.93. The van der Waals surface area contributed by atoms with E-state index in [0.717, 1.165) is 19.6 Å². The molecule has 0 saturated carbocycles. The van der Waals surface area contributed by atoms with Crippen LogP contribution in [0, 0.1) is 5.41 Å². The molecule has 3 heteroatoms. The fraction of sp³-hybridized carbons (Fsp3) is 1.00. The lowest BCUT2D eigenvalue weighted by Gasteiger charge is -2.24. The first-order chi connectivity index (χ1) is 4.83. The van der Waals surface area contributed by atoms with Crippen LogP contribution in [-0.2, 0) is 0 Å². The normalized spacial score (nSPS) is 23.4. The zero-order valence-corrected chi connectivity index (χ0v) is 6.83. The first-order valence-electron chi connectivity index (χ1n) is 3.93. The summed E-state index contributed by atoms with van der Waals surface area (Å²) in [7, 11) is 2.01. The SMILES string of the molecule is CCC1(CNC)CNNC1. The molecule has 0 unspecified atom stereocenters. The van der Waals surface area contributed by atoms with Gasteiger partial charge < -0.3 is 5.32 Å². The van der Waals surface area contributed by atoms with Crippen molar-refractivity contribution in [2.24, 2.45) is 5.41 Å². The molecule has 0 radical (unpaired) electrons. The van der Waals surface area contributed by atoms with Gasteiger partial charge in [-0.3, -0.25) is 10.9 Å². The second-order valence-electron chi connectivity index (χ2n) is 3.09. The Hall–Kier alpha value is -0.120. The Balaban J connectivity index is 2.41. The Bertz CT molecular complexity index is 97.0. The van der Waals surface area contributed by atoms with Gasteiger partial charge in [-0.1, -0.05) is 6.92 Å². The smallest absolute Gasteiger partial charge is 0.0181 e. The average Bonchev–Trinajstić information content (AvgIpc) is 2.39. The summed E-state index contributed by atoms with van der Waals surface area (Å²) in [4.78, 5) is 0. The molecule has 1 aliphatic heterocycles. The summed E-state index contributed by atoms with van der Waals surface area (Å²) < 4.78 is 0. The lowest BCUT2D eigenvalue weighted by Crippen LogP contribution is -2.36. The molecule has 0 atom stereocenters. The van der Waals surface area contributed by atoms with Crippen LogP contribution in [0.5, 0.6) is 0 Å². The maximum absolute atomic E-state index is 3.22. The van der Waals surface area contributed by atoms with Gasteiger partial charge in [0.2, 0.25) is 0 Å². The van der Waals surface area contributed by atoms with Crippen molar-refractivity contribution in [2.75, 3.05) is 26.7 Å². The molecular formula is C7H17N3. The molecule has 0 amide bonds. The minimum absolute atomic E-state index is 0.453. The molecule has 10 heavy (non-hydrogen) atoms. The zero-order valence-electron chi connectivity index (χ0n) is 6.83. The minimum Gasteiger partial charge on any atom is -0.319 e. The number of nitrogens with one attached hydrogen (secondary N) is 3. The Morgan fingerprint density at radius 1 is 1.40 bits per heavy atom. The number of rotatable bonds is 3. The summed E-state index contributed by atoms with van der Waals surface area (Å²) in [5, 5.41) is 3.22. The molecular weight excluding hydrogens is 126 g/mol. The van der Waals surface area contributed by atoms with Crippen molar-refractivity contribution >= 4 is 0 Å². The quantitative estimate of drug-likeness (QED) is 0.508. The van der Waals surface area contributed by atoms with Crippen LogP contribution in [0.25, 0.3) is 0 Å². The van der Waals surface area contributed by atoms with Gasteiger partial charge >= 0.3 is 0 Å². The molecule has 0 aromatic rings. The molecule has 1 saturated heterocycles. The predicted molar refractivity (Wildman–Crippen MR) is 42.7 cm³/mol. The summed E-state index contributed by atoms with van der Waals surface area (Å²) in [6.45, 7) is 5.52. The summed E-state index contributed by atoms with van der Waals surface area (Å²) in [5.74, 6) is 0. The molecule has 1 heterocycles. The Morgan fingerprint density at radius 3 is 2.40 bits per heavy atom. The van der Waals surface area contributed by atoms with E-state index in [0.29, 0.717) is 5.41 Å². The van der Waals surface area contributed by atoms with Crippen molar-refractivity contribution in [3.63, 3.8) is 0 Å². The Labute approximate surface area is 62.5 Å². The Morgan fingerprint density at radius 2 is 2.00 bits per heavy atom. The second kappa shape index (κ2) is 3.32. The van der Waals surface area contributed by atoms with Crippen molar-refractivity contribution in [1.29, 1.82) is 0 Å². The minimum atomic E-state index is 0.453. The highest BCUT2D eigenvalue weighted by molar-refractivity contribution is 4.87. The third-order valence-electron chi connectivity index (χ3n) is 2.35. The largest absolute Gasteiger partial charge is 0.319 e. The van der Waals surface area contributed by atoms with Gasteiger partial charge in [-0.05, 0) is 13.5 Å². The van der Waals surface area contributed by atoms with Gasteiger partial charge in [0.25, 0.3) is 0 Å². The molecule has 3 N–H and O–H groups in total. The van der Waals surface area contributed by atoms with E-state index in [9.17, 15) is 0 Å². The Kier molecular flexibility index (Phi) is 2.65. The van der Waals surface area contributed by atoms with E-state index >= 15 is 0 Å². The van der Waals surface area contributed by atoms with Crippen LogP contribution in [-0.4, -0.2) is 26.7 Å². The van der Waals surface area contributed by atoms with Crippen LogP contribution in [0.1, 0.15) is 13.3 Å². The van der Waals surface area contributed by atoms with Crippen LogP contribution >= 0.6 is 0 Å². The lowest BCUT2D eigenvalue weighted by atomic mass is 9.86. The van der Waals surface area contributed by atoms with Crippen LogP contribution < -0.4 is 16.2 Å². The van der Waals surface area contributed by atoms with Gasteiger partial charge in [-0.25, -0.2) is 0 Å². The third kappa shape index (κ3) is 1.48. The van der Waals surface area contributed by atoms with Gasteiger partial charge in [-0.15, -0.1) is 0 Å². The standard InChI is InChI=1S/C7H17N3/c1-3-7(4-8-2)5-9-10-6-7/h8-10H,3-6H2,1-2H3. The van der Waals surface area contributed by atoms with E-state index in [1.54, 1.807) is 0 Å². The monoisotopic (exact) mass is 143 g/mol. The molecule has 0 aromatic carbocycles. The second-order valence-corrected chi connectivity index (χ2v) is 3.09. The van der Waals surface area contributed by atoms with E-state index in [4.69, 9.17) is 0 Å². The lowest BCUT2D eigenvalue weighted by molar-refractivity contribution is 0.320. The maximum Gasteiger partial charge on any atom is 0.0181 e. The molecule has 60 valence electrons. The average molecular weight is 143 g/mol. The fourth-order valence-corrected chi connectivity index (χ4v) is 1.44. The highest BCUT2D eigenvalue weighted by Crippen LogP contribution is 2.20. The topological polar surface area (TPSA) is 36.1 Å². The first kappa shape index (κ1) is 7.98. The van der Waals surface area contributed by atoms with Crippen LogP contribution in [0.2, 0.25) is 0 Å². The van der Waals surface area contributed by atoms with Gasteiger partial charge in [0.05, 0.1) is 0 Å². The summed E-state index contributed by atoms with van der Waals surface area (Å²) >= 11 is 0. The van der Waals surface area contributed by atoms with Gasteiger partial charge in [0.15, 0.2) is 0 Å². The van der Waals surface area contributed by atoms with Crippen molar-refractivity contribution in [3.05, 3.63) is 0 Å². The van der Waals surface area contributed by atoms with Crippen molar-refractivity contribution in [3.8, 4) is 0 Å². The highest BCUT2D eigenvalue weighted by Gasteiger charge is 2.30. The number of hydrogen-bond acceptors (Lipinski definition) is 3. The van der Waals surface area contributed by atoms with Gasteiger partial charge in [-0.2, -0.15) is 0 Å². The molecule has 1 aliphatic rings. The molecule has 1 rings (SSSR count). The van der Waals surface area contributed by atoms with Crippen LogP contribution in [0.4, 0.5) is 0 Å². The highest BCUT2D eigenvalue weighted by atomic mass is 15.4. The van der Waals surface area contributed by atoms with E-state index in [1.807, 2.05) is 7.05 Å². The van der Waals surface area contributed by atoms with Gasteiger partial charge in [0, 0.05) is 25.0 Å². The summed E-state index contributed by atoms with van der Waals surface area (Å²) in [5.41, 5.74) is 6.77. The number of hydrogen-bond donors (Lipinski definition) is 3. The van der Waals surface area contributed by atoms with Crippen molar-refractivity contribution < 1.29 is 0 Å². The molecule has 0 spiro atoms. The van der Waals surface area contributed by atoms with E-state index in [2.05, 4.69) is 23.1 Å². The molecule has 3 nitrogen and oxygen atoms in total. The van der Waals surface area contributed by atoms with E-state index in [-0.39, 0.29) is 0 Å². The number of hydrazine groups is 1. The van der Waals surface area contributed by atoms with Crippen LogP contribution in [0.3, 0.4) is 0 Å². The molecule has 0 aromatic heterocycles. The fourth-order valence-electron chi connectivity index (χ4n) is 1.44. The maximum atomic E-state index is 3.22. The predicted octanol–water partition coefficient (Wildman–Crippen LogP) is -0.290. The van der Waals surface area contributed by atoms with Crippen molar-refractivity contribution in [2.45, 2.75) is 13.3 Å². The van der Waals surface area contributed by atoms with Crippen molar-refractivity contribution in [1.82, 2.24) is 16.2 Å². The zero-order chi connectivity index (χ0) is 7.45. The summed E-state index contributed by atoms with van der Waals surface area (Å²) in [6.07, 6.45) is 1.23. The van der Waals surface area contributed by atoms with Crippen LogP contribution in [0.15, 0.2) is 0 Å². The molecule has 0 aliphatic carbocycles. The van der Waals surface area contributed by atoms with E-state index in [1.165, 1.54) is 6.42 Å². The van der Waals surface area contributed by atoms with E-state index < -0.39 is 0 Å². The molecule has 0 bridgehead atoms. The molecule has 1 fully saturated rings. The summed E-state index contributed by atoms with van der Waals surface area (Å²) in [6, 6.07) is 0. The van der Waals surface area contributed by atoms with Gasteiger partial charge in [0.1, 0.15) is 0 Å². The third-order valence-corrected chi connectivity index (χ3v) is 2.35.